The highest BCUT2D eigenvalue weighted by molar-refractivity contribution is 7.92. The summed E-state index contributed by atoms with van der Waals surface area (Å²) in [5.41, 5.74) is 1.69. The Morgan fingerprint density at radius 3 is 2.02 bits per heavy atom. The summed E-state index contributed by atoms with van der Waals surface area (Å²) in [5.74, 6) is -0.898. The lowest BCUT2D eigenvalue weighted by molar-refractivity contribution is -0.140. The molecule has 0 saturated heterocycles. The van der Waals surface area contributed by atoms with Crippen LogP contribution >= 0.6 is 0 Å². The molecule has 0 saturated carbocycles. The van der Waals surface area contributed by atoms with Crippen molar-refractivity contribution in [2.45, 2.75) is 37.8 Å². The number of hydrogen-bond donors (Lipinski definition) is 1. The molecule has 0 aliphatic heterocycles. The van der Waals surface area contributed by atoms with Gasteiger partial charge in [-0.05, 0) is 73.5 Å². The molecule has 0 aliphatic carbocycles. The van der Waals surface area contributed by atoms with Crippen LogP contribution in [0.1, 0.15) is 25.0 Å². The maximum absolute atomic E-state index is 14.3. The first kappa shape index (κ1) is 32.2. The third-order valence-electron chi connectivity index (χ3n) is 6.93. The summed E-state index contributed by atoms with van der Waals surface area (Å²) in [6.07, 6.45) is 0.191. The largest absolute Gasteiger partial charge is 0.494 e. The van der Waals surface area contributed by atoms with Gasteiger partial charge in [-0.15, -0.1) is 0 Å². The number of halogens is 1. The van der Waals surface area contributed by atoms with Crippen LogP contribution < -0.4 is 14.4 Å². The summed E-state index contributed by atoms with van der Waals surface area (Å²) < 4.78 is 48.4. The van der Waals surface area contributed by atoms with E-state index in [4.69, 9.17) is 4.74 Å². The number of nitrogens with zero attached hydrogens (tertiary/aromatic N) is 2. The fourth-order valence-corrected chi connectivity index (χ4v) is 6.17. The molecule has 44 heavy (non-hydrogen) atoms. The van der Waals surface area contributed by atoms with Crippen molar-refractivity contribution in [2.24, 2.45) is 0 Å². The molecular formula is C34H36FN3O5S. The molecule has 10 heteroatoms. The summed E-state index contributed by atoms with van der Waals surface area (Å²) in [6, 6.07) is 28.3. The van der Waals surface area contributed by atoms with Crippen molar-refractivity contribution >= 4 is 27.5 Å². The zero-order chi connectivity index (χ0) is 31.5. The van der Waals surface area contributed by atoms with Gasteiger partial charge in [-0.2, -0.15) is 0 Å². The highest BCUT2D eigenvalue weighted by atomic mass is 32.2. The fraction of sp³-hybridized carbons (Fsp3) is 0.235. The second-order valence-corrected chi connectivity index (χ2v) is 11.9. The third-order valence-corrected chi connectivity index (χ3v) is 8.72. The van der Waals surface area contributed by atoms with Crippen molar-refractivity contribution in [3.63, 3.8) is 0 Å². The standard InChI is InChI=1S/C34H36FN3O5S/c1-3-36-34(40)32(23-26-11-7-5-8-12-26)37(24-27-15-17-28(35)18-16-27)33(39)25-38(29-13-9-6-10-14-29)44(41,42)31-21-19-30(20-22-31)43-4-2/h5-22,32H,3-4,23-25H2,1-2H3,(H,36,40). The van der Waals surface area contributed by atoms with Crippen LogP contribution in [0.4, 0.5) is 10.1 Å². The van der Waals surface area contributed by atoms with E-state index >= 15 is 0 Å². The molecule has 0 radical (unpaired) electrons. The summed E-state index contributed by atoms with van der Waals surface area (Å²) >= 11 is 0. The number of carbonyl (C=O) groups excluding carboxylic acids is 2. The van der Waals surface area contributed by atoms with Crippen molar-refractivity contribution in [2.75, 3.05) is 24.0 Å². The average Bonchev–Trinajstić information content (AvgIpc) is 3.03. The Balaban J connectivity index is 1.76. The molecule has 0 aliphatic rings. The number of benzene rings is 4. The van der Waals surface area contributed by atoms with E-state index in [1.807, 2.05) is 37.3 Å². The van der Waals surface area contributed by atoms with E-state index in [1.165, 1.54) is 29.2 Å². The van der Waals surface area contributed by atoms with E-state index in [0.717, 1.165) is 9.87 Å². The first-order valence-electron chi connectivity index (χ1n) is 14.4. The number of sulfonamides is 1. The van der Waals surface area contributed by atoms with E-state index < -0.39 is 34.3 Å². The molecule has 1 atom stereocenters. The first-order valence-corrected chi connectivity index (χ1v) is 15.8. The van der Waals surface area contributed by atoms with E-state index in [-0.39, 0.29) is 29.5 Å². The van der Waals surface area contributed by atoms with E-state index in [2.05, 4.69) is 5.32 Å². The Morgan fingerprint density at radius 1 is 0.818 bits per heavy atom. The number of hydrogen-bond acceptors (Lipinski definition) is 5. The number of likely N-dealkylation sites (N-methyl/N-ethyl adjacent to an activating group) is 1. The normalized spacial score (nSPS) is 11.8. The summed E-state index contributed by atoms with van der Waals surface area (Å²) in [7, 11) is -4.23. The topological polar surface area (TPSA) is 96.0 Å². The van der Waals surface area contributed by atoms with Crippen LogP contribution in [0.2, 0.25) is 0 Å². The summed E-state index contributed by atoms with van der Waals surface area (Å²) in [6.45, 7) is 3.76. The lowest BCUT2D eigenvalue weighted by Crippen LogP contribution is -2.53. The molecule has 1 unspecified atom stereocenters. The number of anilines is 1. The van der Waals surface area contributed by atoms with E-state index in [9.17, 15) is 22.4 Å². The maximum atomic E-state index is 14.3. The van der Waals surface area contributed by atoms with Crippen LogP contribution in [0.25, 0.3) is 0 Å². The fourth-order valence-electron chi connectivity index (χ4n) is 4.76. The minimum absolute atomic E-state index is 0.0211. The molecule has 0 heterocycles. The molecule has 2 amide bonds. The molecule has 230 valence electrons. The number of nitrogens with one attached hydrogen (secondary N) is 1. The zero-order valence-corrected chi connectivity index (χ0v) is 25.5. The predicted octanol–water partition coefficient (Wildman–Crippen LogP) is 5.20. The number of carbonyl (C=O) groups is 2. The number of rotatable bonds is 14. The van der Waals surface area contributed by atoms with Crippen LogP contribution in [0, 0.1) is 5.82 Å². The van der Waals surface area contributed by atoms with Gasteiger partial charge in [-0.1, -0.05) is 60.7 Å². The zero-order valence-electron chi connectivity index (χ0n) is 24.7. The monoisotopic (exact) mass is 617 g/mol. The second-order valence-electron chi connectivity index (χ2n) is 10.00. The number of amides is 2. The second kappa shape index (κ2) is 15.2. The molecule has 1 N–H and O–H groups in total. The van der Waals surface area contributed by atoms with Crippen molar-refractivity contribution in [1.82, 2.24) is 10.2 Å². The molecular weight excluding hydrogens is 581 g/mol. The first-order chi connectivity index (χ1) is 21.2. The summed E-state index contributed by atoms with van der Waals surface area (Å²) in [5, 5.41) is 2.82. The van der Waals surface area contributed by atoms with Crippen LogP contribution in [-0.4, -0.2) is 50.9 Å². The Bertz CT molecular complexity index is 1620. The van der Waals surface area contributed by atoms with Gasteiger partial charge >= 0.3 is 0 Å². The minimum Gasteiger partial charge on any atom is -0.494 e. The van der Waals surface area contributed by atoms with Crippen molar-refractivity contribution in [3.8, 4) is 5.75 Å². The smallest absolute Gasteiger partial charge is 0.264 e. The molecule has 4 aromatic rings. The molecule has 4 aromatic carbocycles. The van der Waals surface area contributed by atoms with Crippen molar-refractivity contribution in [3.05, 3.63) is 126 Å². The third kappa shape index (κ3) is 8.23. The van der Waals surface area contributed by atoms with Gasteiger partial charge in [0.1, 0.15) is 24.2 Å². The van der Waals surface area contributed by atoms with Crippen molar-refractivity contribution in [1.29, 1.82) is 0 Å². The number of para-hydroxylation sites is 1. The van der Waals surface area contributed by atoms with Gasteiger partial charge in [0.05, 0.1) is 17.2 Å². The highest BCUT2D eigenvalue weighted by Crippen LogP contribution is 2.26. The molecule has 0 bridgehead atoms. The quantitative estimate of drug-likeness (QED) is 0.210. The van der Waals surface area contributed by atoms with Crippen LogP contribution in [0.3, 0.4) is 0 Å². The minimum atomic E-state index is -4.23. The van der Waals surface area contributed by atoms with E-state index in [1.54, 1.807) is 61.5 Å². The van der Waals surface area contributed by atoms with Crippen LogP contribution in [-0.2, 0) is 32.6 Å². The lowest BCUT2D eigenvalue weighted by Gasteiger charge is -2.33. The van der Waals surface area contributed by atoms with Gasteiger partial charge in [0.15, 0.2) is 0 Å². The Morgan fingerprint density at radius 2 is 1.43 bits per heavy atom. The Kier molecular flexibility index (Phi) is 11.1. The average molecular weight is 618 g/mol. The lowest BCUT2D eigenvalue weighted by atomic mass is 10.0. The molecule has 8 nitrogen and oxygen atoms in total. The van der Waals surface area contributed by atoms with Gasteiger partial charge in [0.2, 0.25) is 11.8 Å². The maximum Gasteiger partial charge on any atom is 0.264 e. The van der Waals surface area contributed by atoms with Crippen molar-refractivity contribution < 1.29 is 27.1 Å². The van der Waals surface area contributed by atoms with Crippen LogP contribution in [0.15, 0.2) is 114 Å². The van der Waals surface area contributed by atoms with Gasteiger partial charge in [-0.25, -0.2) is 12.8 Å². The molecule has 0 fully saturated rings. The van der Waals surface area contributed by atoms with Gasteiger partial charge in [0.25, 0.3) is 10.0 Å². The van der Waals surface area contributed by atoms with Gasteiger partial charge in [-0.3, -0.25) is 13.9 Å². The number of ether oxygens (including phenoxy) is 1. The van der Waals surface area contributed by atoms with Crippen LogP contribution in [0.5, 0.6) is 5.75 Å². The Labute approximate surface area is 258 Å². The molecule has 0 spiro atoms. The van der Waals surface area contributed by atoms with E-state index in [0.29, 0.717) is 24.5 Å². The summed E-state index contributed by atoms with van der Waals surface area (Å²) in [4.78, 5) is 29.1. The van der Waals surface area contributed by atoms with Gasteiger partial charge < -0.3 is 15.0 Å². The van der Waals surface area contributed by atoms with Gasteiger partial charge in [0, 0.05) is 19.5 Å². The Hall–Kier alpha value is -4.70. The SMILES string of the molecule is CCNC(=O)C(Cc1ccccc1)N(Cc1ccc(F)cc1)C(=O)CN(c1ccccc1)S(=O)(=O)c1ccc(OCC)cc1. The molecule has 0 aromatic heterocycles. The highest BCUT2D eigenvalue weighted by Gasteiger charge is 2.34. The predicted molar refractivity (Wildman–Crippen MR) is 168 cm³/mol. The molecule has 4 rings (SSSR count).